The molecule has 8 heteroatoms. The monoisotopic (exact) mass is 340 g/mol. The summed E-state index contributed by atoms with van der Waals surface area (Å²) in [6.45, 7) is 3.95. The minimum atomic E-state index is -0.124. The number of aromatic nitrogens is 4. The molecule has 122 valence electrons. The summed E-state index contributed by atoms with van der Waals surface area (Å²) in [5.41, 5.74) is 8.08. The number of thioether (sulfide) groups is 1. The van der Waals surface area contributed by atoms with Crippen LogP contribution in [0.4, 0.5) is 4.79 Å². The van der Waals surface area contributed by atoms with Gasteiger partial charge in [-0.05, 0) is 26.0 Å². The lowest BCUT2D eigenvalue weighted by atomic mass is 10.1. The molecule has 4 rings (SSSR count). The van der Waals surface area contributed by atoms with Crippen molar-refractivity contribution in [3.63, 3.8) is 0 Å². The average Bonchev–Trinajstić information content (AvgIpc) is 3.10. The smallest absolute Gasteiger partial charge is 0.299 e. The third-order valence-electron chi connectivity index (χ3n) is 4.15. The highest BCUT2D eigenvalue weighted by molar-refractivity contribution is 8.14. The molecule has 1 amide bonds. The summed E-state index contributed by atoms with van der Waals surface area (Å²) in [6.07, 6.45) is 1.67. The van der Waals surface area contributed by atoms with Gasteiger partial charge in [0.05, 0.1) is 28.3 Å². The zero-order valence-electron chi connectivity index (χ0n) is 13.5. The minimum absolute atomic E-state index is 0.00738. The van der Waals surface area contributed by atoms with Crippen molar-refractivity contribution in [1.29, 1.82) is 0 Å². The van der Waals surface area contributed by atoms with Crippen molar-refractivity contribution in [1.82, 2.24) is 24.9 Å². The second kappa shape index (κ2) is 5.48. The maximum absolute atomic E-state index is 11.4. The number of hydrogen-bond acceptors (Lipinski definition) is 5. The number of aryl methyl sites for hydroxylation is 2. The summed E-state index contributed by atoms with van der Waals surface area (Å²) in [6, 6.07) is 6.05. The van der Waals surface area contributed by atoms with E-state index in [1.54, 1.807) is 6.33 Å². The van der Waals surface area contributed by atoms with Crippen LogP contribution >= 0.6 is 11.8 Å². The predicted molar refractivity (Wildman–Crippen MR) is 95.2 cm³/mol. The fourth-order valence-corrected chi connectivity index (χ4v) is 3.61. The summed E-state index contributed by atoms with van der Waals surface area (Å²) < 4.78 is 2.03. The second-order valence-electron chi connectivity index (χ2n) is 5.73. The van der Waals surface area contributed by atoms with Crippen molar-refractivity contribution in [2.24, 2.45) is 12.1 Å². The van der Waals surface area contributed by atoms with Crippen molar-refractivity contribution in [2.45, 2.75) is 19.1 Å². The topological polar surface area (TPSA) is 88.0 Å². The first kappa shape index (κ1) is 14.9. The number of carbonyl (C=O) groups excluding carboxylic acids is 1. The van der Waals surface area contributed by atoms with E-state index in [2.05, 4.69) is 20.5 Å². The molecular weight excluding hydrogens is 324 g/mol. The van der Waals surface area contributed by atoms with Crippen LogP contribution in [0.2, 0.25) is 0 Å². The van der Waals surface area contributed by atoms with E-state index in [9.17, 15) is 4.79 Å². The molecule has 1 unspecified atom stereocenters. The van der Waals surface area contributed by atoms with Gasteiger partial charge in [-0.1, -0.05) is 17.8 Å². The van der Waals surface area contributed by atoms with E-state index >= 15 is 0 Å². The molecule has 2 aromatic heterocycles. The molecule has 1 atom stereocenters. The van der Waals surface area contributed by atoms with Crippen LogP contribution in [0.5, 0.6) is 0 Å². The largest absolute Gasteiger partial charge is 0.348 e. The van der Waals surface area contributed by atoms with E-state index in [1.165, 1.54) is 11.8 Å². The van der Waals surface area contributed by atoms with Gasteiger partial charge < -0.3 is 9.55 Å². The summed E-state index contributed by atoms with van der Waals surface area (Å²) in [5, 5.41) is 4.09. The van der Waals surface area contributed by atoms with Gasteiger partial charge in [0.15, 0.2) is 5.82 Å². The van der Waals surface area contributed by atoms with Gasteiger partial charge in [-0.25, -0.2) is 15.4 Å². The van der Waals surface area contributed by atoms with Crippen molar-refractivity contribution in [3.05, 3.63) is 35.8 Å². The Morgan fingerprint density at radius 3 is 2.88 bits per heavy atom. The second-order valence-corrected chi connectivity index (χ2v) is 7.04. The molecule has 2 N–H and O–H groups in total. The molecule has 24 heavy (non-hydrogen) atoms. The molecule has 0 saturated carbocycles. The summed E-state index contributed by atoms with van der Waals surface area (Å²) in [5.74, 6) is 0.821. The van der Waals surface area contributed by atoms with Gasteiger partial charge in [0.25, 0.3) is 5.24 Å². The molecule has 0 spiro atoms. The SMILES string of the molecule is Cc1[nH]cnc1-c1nc2cc(C3=NNC(=O)SC3C)ccc2n1C. The number of hydrazone groups is 1. The maximum atomic E-state index is 11.4. The minimum Gasteiger partial charge on any atom is -0.348 e. The standard InChI is InChI=1S/C16H16N6OS/c1-8-13(18-7-17-8)15-19-11-6-10(4-5-12(11)22(15)3)14-9(2)24-16(23)21-20-14/h4-7,9H,1-3H3,(H,17,18)(H,21,23). The third kappa shape index (κ3) is 2.30. The van der Waals surface area contributed by atoms with Gasteiger partial charge in [0.1, 0.15) is 5.69 Å². The number of hydrogen-bond donors (Lipinski definition) is 2. The number of amides is 1. The Morgan fingerprint density at radius 2 is 2.17 bits per heavy atom. The first-order valence-corrected chi connectivity index (χ1v) is 8.44. The van der Waals surface area contributed by atoms with Crippen LogP contribution in [-0.4, -0.2) is 35.7 Å². The molecule has 0 radical (unpaired) electrons. The average molecular weight is 340 g/mol. The zero-order chi connectivity index (χ0) is 16.8. The van der Waals surface area contributed by atoms with Crippen LogP contribution in [0.25, 0.3) is 22.6 Å². The Bertz CT molecular complexity index is 986. The van der Waals surface area contributed by atoms with E-state index in [0.717, 1.165) is 39.5 Å². The van der Waals surface area contributed by atoms with E-state index in [0.29, 0.717) is 0 Å². The number of aromatic amines is 1. The van der Waals surface area contributed by atoms with Crippen LogP contribution in [0.3, 0.4) is 0 Å². The summed E-state index contributed by atoms with van der Waals surface area (Å²) in [7, 11) is 1.98. The maximum Gasteiger partial charge on any atom is 0.299 e. The lowest BCUT2D eigenvalue weighted by molar-refractivity contribution is 0.261. The third-order valence-corrected chi connectivity index (χ3v) is 5.04. The molecule has 1 aliphatic rings. The molecule has 1 aromatic carbocycles. The fourth-order valence-electron chi connectivity index (χ4n) is 2.89. The number of nitrogens with one attached hydrogen (secondary N) is 2. The highest BCUT2D eigenvalue weighted by atomic mass is 32.2. The molecular formula is C16H16N6OS. The number of imidazole rings is 2. The Kier molecular flexibility index (Phi) is 3.42. The number of fused-ring (bicyclic) bond motifs is 1. The number of carbonyl (C=O) groups is 1. The van der Waals surface area contributed by atoms with Crippen LogP contribution in [0, 0.1) is 6.92 Å². The number of rotatable bonds is 2. The highest BCUT2D eigenvalue weighted by Crippen LogP contribution is 2.27. The normalized spacial score (nSPS) is 17.9. The molecule has 0 bridgehead atoms. The molecule has 1 aliphatic heterocycles. The van der Waals surface area contributed by atoms with Crippen molar-refractivity contribution in [2.75, 3.05) is 0 Å². The Balaban J connectivity index is 1.82. The van der Waals surface area contributed by atoms with Crippen LogP contribution in [-0.2, 0) is 7.05 Å². The van der Waals surface area contributed by atoms with Crippen LogP contribution in [0.1, 0.15) is 18.2 Å². The molecule has 0 aliphatic carbocycles. The summed E-state index contributed by atoms with van der Waals surface area (Å²) >= 11 is 1.24. The highest BCUT2D eigenvalue weighted by Gasteiger charge is 2.23. The van der Waals surface area contributed by atoms with Crippen LogP contribution < -0.4 is 5.43 Å². The van der Waals surface area contributed by atoms with Gasteiger partial charge in [0.2, 0.25) is 0 Å². The van der Waals surface area contributed by atoms with Gasteiger partial charge in [-0.3, -0.25) is 4.79 Å². The van der Waals surface area contributed by atoms with Gasteiger partial charge in [-0.2, -0.15) is 5.10 Å². The van der Waals surface area contributed by atoms with Crippen LogP contribution in [0.15, 0.2) is 29.6 Å². The number of benzene rings is 1. The quantitative estimate of drug-likeness (QED) is 0.751. The first-order chi connectivity index (χ1) is 11.5. The van der Waals surface area contributed by atoms with E-state index < -0.39 is 0 Å². The van der Waals surface area contributed by atoms with E-state index in [4.69, 9.17) is 4.98 Å². The Morgan fingerprint density at radius 1 is 1.33 bits per heavy atom. The van der Waals surface area contributed by atoms with E-state index in [-0.39, 0.29) is 10.5 Å². The molecule has 0 saturated heterocycles. The van der Waals surface area contributed by atoms with E-state index in [1.807, 2.05) is 43.7 Å². The lowest BCUT2D eigenvalue weighted by Gasteiger charge is -2.18. The first-order valence-electron chi connectivity index (χ1n) is 7.56. The van der Waals surface area contributed by atoms with Gasteiger partial charge >= 0.3 is 0 Å². The van der Waals surface area contributed by atoms with Crippen molar-refractivity contribution in [3.8, 4) is 11.5 Å². The fraction of sp³-hybridized carbons (Fsp3) is 0.250. The van der Waals surface area contributed by atoms with Crippen molar-refractivity contribution < 1.29 is 4.79 Å². The molecule has 3 aromatic rings. The number of H-pyrrole nitrogens is 1. The predicted octanol–water partition coefficient (Wildman–Crippen LogP) is 2.82. The zero-order valence-corrected chi connectivity index (χ0v) is 14.3. The lowest BCUT2D eigenvalue weighted by Crippen LogP contribution is -2.29. The Labute approximate surface area is 142 Å². The molecule has 3 heterocycles. The molecule has 0 fully saturated rings. The summed E-state index contributed by atoms with van der Waals surface area (Å²) in [4.78, 5) is 23.6. The Hall–Kier alpha value is -2.61. The molecule has 7 nitrogen and oxygen atoms in total. The van der Waals surface area contributed by atoms with Crippen molar-refractivity contribution >= 4 is 33.7 Å². The van der Waals surface area contributed by atoms with Gasteiger partial charge in [0, 0.05) is 18.3 Å². The van der Waals surface area contributed by atoms with Gasteiger partial charge in [-0.15, -0.1) is 0 Å². The number of nitrogens with zero attached hydrogens (tertiary/aromatic N) is 4.